The number of hydrogen-bond acceptors (Lipinski definition) is 18. The molecule has 372 valence electrons. The third kappa shape index (κ3) is 20.4. The summed E-state index contributed by atoms with van der Waals surface area (Å²) in [6.07, 6.45) is 6.71. The number of imidazole rings is 1. The largest absolute Gasteiger partial charge is 0.481 e. The molecule has 0 radical (unpaired) electrons. The first-order valence-corrected chi connectivity index (χ1v) is 27.0. The van der Waals surface area contributed by atoms with E-state index in [1.165, 1.54) is 65.2 Å². The third-order valence-electron chi connectivity index (χ3n) is 10.4. The van der Waals surface area contributed by atoms with Gasteiger partial charge in [0.05, 0.1) is 19.5 Å². The molecule has 28 heteroatoms. The normalized spacial score (nSPS) is 20.8. The number of phosphoric acid groups is 3. The fraction of sp³-hybridized carbons (Fsp3) is 0.784. The standard InChI is InChI=1S/C37H66N7O17P3S/c1-5-14-25(2)15-12-10-8-6-7-9-11-13-16-28(46)65-20-19-39-27(45)17-18-40-35(49)32(48)37(3,4)22-58-64(55,56)61-63(53,54)57-21-26-31(60-62(50,51)52)30(47)36(59-26)44-24-43-29-33(38)41-23-42-34(29)44/h23-26,30-32,36,47-48H,5-22H2,1-4H3,(H,39,45)(H,40,49)(H,53,54)(H,55,56)(H2,38,41,42)(H2,50,51,52). The van der Waals surface area contributed by atoms with Gasteiger partial charge in [-0.05, 0) is 12.3 Å². The number of aliphatic hydroxyl groups excluding tert-OH is 2. The second kappa shape index (κ2) is 26.9. The molecule has 1 saturated heterocycles. The van der Waals surface area contributed by atoms with Gasteiger partial charge in [-0.25, -0.2) is 28.6 Å². The van der Waals surface area contributed by atoms with Gasteiger partial charge in [0.15, 0.2) is 22.8 Å². The van der Waals surface area contributed by atoms with E-state index in [4.69, 9.17) is 19.5 Å². The molecule has 2 amide bonds. The number of nitrogen functional groups attached to an aromatic ring is 1. The number of unbranched alkanes of at least 4 members (excludes halogenated alkanes) is 7. The topological polar surface area (TPSA) is 364 Å². The Morgan fingerprint density at radius 1 is 0.923 bits per heavy atom. The minimum absolute atomic E-state index is 0.0335. The molecule has 0 aromatic carbocycles. The summed E-state index contributed by atoms with van der Waals surface area (Å²) in [5.74, 6) is -0.203. The Morgan fingerprint density at radius 2 is 1.57 bits per heavy atom. The first kappa shape index (κ1) is 56.9. The second-order valence-corrected chi connectivity index (χ2v) is 21.9. The maximum atomic E-state index is 12.7. The number of nitrogens with one attached hydrogen (secondary N) is 2. The van der Waals surface area contributed by atoms with Gasteiger partial charge in [-0.2, -0.15) is 4.31 Å². The average molecular weight is 1010 g/mol. The van der Waals surface area contributed by atoms with Gasteiger partial charge >= 0.3 is 23.5 Å². The zero-order valence-corrected chi connectivity index (χ0v) is 40.6. The summed E-state index contributed by atoms with van der Waals surface area (Å²) >= 11 is 1.15. The van der Waals surface area contributed by atoms with Crippen molar-refractivity contribution in [3.8, 4) is 0 Å². The first-order valence-electron chi connectivity index (χ1n) is 21.5. The lowest BCUT2D eigenvalue weighted by atomic mass is 9.87. The molecular formula is C37H66N7O17P3S. The van der Waals surface area contributed by atoms with Gasteiger partial charge in [-0.15, -0.1) is 0 Å². The Labute approximate surface area is 382 Å². The highest BCUT2D eigenvalue weighted by Gasteiger charge is 2.50. The van der Waals surface area contributed by atoms with Crippen molar-refractivity contribution in [3.63, 3.8) is 0 Å². The van der Waals surface area contributed by atoms with Gasteiger partial charge in [-0.1, -0.05) is 104 Å². The van der Waals surface area contributed by atoms with Crippen LogP contribution in [0.4, 0.5) is 5.82 Å². The number of aromatic nitrogens is 4. The lowest BCUT2D eigenvalue weighted by molar-refractivity contribution is -0.137. The molecule has 3 rings (SSSR count). The molecule has 24 nitrogen and oxygen atoms in total. The Balaban J connectivity index is 1.33. The maximum Gasteiger partial charge on any atom is 0.481 e. The van der Waals surface area contributed by atoms with Crippen LogP contribution in [0.1, 0.15) is 117 Å². The van der Waals surface area contributed by atoms with Gasteiger partial charge in [0.2, 0.25) is 11.8 Å². The van der Waals surface area contributed by atoms with Crippen molar-refractivity contribution in [2.24, 2.45) is 11.3 Å². The number of thioether (sulfide) groups is 1. The number of phosphoric ester groups is 3. The molecular weight excluding hydrogens is 939 g/mol. The molecule has 65 heavy (non-hydrogen) atoms. The number of nitrogens with two attached hydrogens (primary N) is 1. The lowest BCUT2D eigenvalue weighted by Gasteiger charge is -2.30. The van der Waals surface area contributed by atoms with E-state index in [9.17, 15) is 57.9 Å². The number of fused-ring (bicyclic) bond motifs is 1. The minimum Gasteiger partial charge on any atom is -0.386 e. The van der Waals surface area contributed by atoms with Gasteiger partial charge in [0.25, 0.3) is 0 Å². The molecule has 0 spiro atoms. The van der Waals surface area contributed by atoms with Crippen LogP contribution in [0.15, 0.2) is 12.7 Å². The zero-order valence-electron chi connectivity index (χ0n) is 37.1. The fourth-order valence-corrected chi connectivity index (χ4v) is 10.4. The fourth-order valence-electron chi connectivity index (χ4n) is 6.83. The molecule has 2 aromatic rings. The predicted octanol–water partition coefficient (Wildman–Crippen LogP) is 4.00. The summed E-state index contributed by atoms with van der Waals surface area (Å²) in [7, 11) is -16.4. The van der Waals surface area contributed by atoms with Gasteiger partial charge in [0.1, 0.15) is 36.3 Å². The van der Waals surface area contributed by atoms with E-state index in [2.05, 4.69) is 48.3 Å². The Kier molecular flexibility index (Phi) is 23.6. The van der Waals surface area contributed by atoms with Gasteiger partial charge in [-0.3, -0.25) is 32.5 Å². The van der Waals surface area contributed by atoms with Crippen molar-refractivity contribution in [3.05, 3.63) is 12.7 Å². The molecule has 8 atom stereocenters. The van der Waals surface area contributed by atoms with E-state index in [0.717, 1.165) is 54.2 Å². The molecule has 0 aliphatic carbocycles. The van der Waals surface area contributed by atoms with E-state index in [1.54, 1.807) is 0 Å². The third-order valence-corrected chi connectivity index (χ3v) is 14.4. The molecule has 1 aliphatic heterocycles. The van der Waals surface area contributed by atoms with Crippen LogP contribution in [0.3, 0.4) is 0 Å². The first-order chi connectivity index (χ1) is 30.4. The number of amides is 2. The highest BCUT2D eigenvalue weighted by atomic mass is 32.2. The van der Waals surface area contributed by atoms with Crippen molar-refractivity contribution >= 4 is 69.1 Å². The van der Waals surface area contributed by atoms with E-state index < -0.39 is 84.6 Å². The number of rotatable bonds is 32. The molecule has 10 N–H and O–H groups in total. The van der Waals surface area contributed by atoms with Crippen LogP contribution in [0.5, 0.6) is 0 Å². The molecule has 1 fully saturated rings. The van der Waals surface area contributed by atoms with E-state index in [-0.39, 0.29) is 41.6 Å². The summed E-state index contributed by atoms with van der Waals surface area (Å²) in [6.45, 7) is 5.14. The van der Waals surface area contributed by atoms with Crippen LogP contribution in [0, 0.1) is 11.3 Å². The number of carbonyl (C=O) groups excluding carboxylic acids is 3. The summed E-state index contributed by atoms with van der Waals surface area (Å²) in [4.78, 5) is 88.3. The lowest BCUT2D eigenvalue weighted by Crippen LogP contribution is -2.46. The maximum absolute atomic E-state index is 12.7. The van der Waals surface area contributed by atoms with Crippen LogP contribution in [-0.2, 0) is 50.7 Å². The van der Waals surface area contributed by atoms with Crippen LogP contribution >= 0.6 is 35.2 Å². The van der Waals surface area contributed by atoms with E-state index in [1.807, 2.05) is 0 Å². The van der Waals surface area contributed by atoms with Crippen molar-refractivity contribution < 1.29 is 80.5 Å². The quantitative estimate of drug-likeness (QED) is 0.0369. The Bertz CT molecular complexity index is 1980. The van der Waals surface area contributed by atoms with Crippen molar-refractivity contribution in [2.45, 2.75) is 142 Å². The molecule has 0 bridgehead atoms. The van der Waals surface area contributed by atoms with Crippen LogP contribution < -0.4 is 16.4 Å². The van der Waals surface area contributed by atoms with Gasteiger partial charge in [0, 0.05) is 37.1 Å². The summed E-state index contributed by atoms with van der Waals surface area (Å²) in [6, 6.07) is 0. The molecule has 1 aliphatic rings. The van der Waals surface area contributed by atoms with E-state index in [0.29, 0.717) is 12.2 Å². The van der Waals surface area contributed by atoms with Crippen molar-refractivity contribution in [1.29, 1.82) is 0 Å². The summed E-state index contributed by atoms with van der Waals surface area (Å²) in [5.41, 5.74) is 4.29. The predicted molar refractivity (Wildman–Crippen MR) is 237 cm³/mol. The van der Waals surface area contributed by atoms with Crippen molar-refractivity contribution in [2.75, 3.05) is 37.8 Å². The van der Waals surface area contributed by atoms with Gasteiger partial charge < -0.3 is 50.9 Å². The summed E-state index contributed by atoms with van der Waals surface area (Å²) < 4.78 is 62.4. The second-order valence-electron chi connectivity index (χ2n) is 16.6. The molecule has 3 heterocycles. The molecule has 0 saturated carbocycles. The number of ether oxygens (including phenoxy) is 1. The highest BCUT2D eigenvalue weighted by Crippen LogP contribution is 2.61. The number of aliphatic hydroxyl groups is 2. The number of hydrogen-bond donors (Lipinski definition) is 9. The van der Waals surface area contributed by atoms with Crippen LogP contribution in [0.2, 0.25) is 0 Å². The Hall–Kier alpha value is -2.44. The molecule has 2 aromatic heterocycles. The average Bonchev–Trinajstić information content (AvgIpc) is 3.78. The van der Waals surface area contributed by atoms with Crippen LogP contribution in [-0.4, -0.2) is 123 Å². The van der Waals surface area contributed by atoms with Crippen molar-refractivity contribution in [1.82, 2.24) is 30.2 Å². The monoisotopic (exact) mass is 1010 g/mol. The smallest absolute Gasteiger partial charge is 0.386 e. The van der Waals surface area contributed by atoms with E-state index >= 15 is 0 Å². The SMILES string of the molecule is CCCC(C)CCCCCCCCCCC(=O)SCCNC(=O)CCNC(=O)C(O)C(C)(C)COP(=O)(O)OP(=O)(O)OCC1OC(n2cnc3c(N)ncnc32)C(O)C1OP(=O)(O)O. The highest BCUT2D eigenvalue weighted by molar-refractivity contribution is 8.13. The number of anilines is 1. The van der Waals surface area contributed by atoms with Crippen LogP contribution in [0.25, 0.3) is 11.2 Å². The zero-order chi connectivity index (χ0) is 48.4. The number of nitrogens with zero attached hydrogens (tertiary/aromatic N) is 4. The molecule has 8 unspecified atom stereocenters. The number of carbonyl (C=O) groups is 3. The minimum atomic E-state index is -5.57. The Morgan fingerprint density at radius 3 is 2.23 bits per heavy atom. The summed E-state index contributed by atoms with van der Waals surface area (Å²) in [5, 5.41) is 26.6.